The zero-order chi connectivity index (χ0) is 92.6. The average Bonchev–Trinajstić information content (AvgIpc) is 1.63. The molecule has 8 heteroatoms. The summed E-state index contributed by atoms with van der Waals surface area (Å²) in [7, 11) is 8.82. The van der Waals surface area contributed by atoms with Crippen LogP contribution in [-0.2, 0) is 93.2 Å². The lowest BCUT2D eigenvalue weighted by Gasteiger charge is -2.43. The Bertz CT molecular complexity index is 7720. The molecule has 8 nitrogen and oxygen atoms in total. The molecular weight excluding hydrogens is 1510 g/mol. The Hall–Kier alpha value is -10.2. The molecule has 0 unspecified atom stereocenters. The van der Waals surface area contributed by atoms with E-state index in [2.05, 4.69) is 445 Å². The van der Waals surface area contributed by atoms with Gasteiger partial charge in [0, 0.05) is 118 Å². The SMILES string of the molecule is Cc1c(C(C)(C)C)ccc2c3cccc4c3n3c(c(-c5ccccc5)[n+](C)c3c12)C(C)(C)C4(C)C.Cc1c(C(C)(C)C)ccc2c3cccc4c3n3c(c[n+](C)c3c12)C(C)(C)C4(C)C.Cc1ccc2c3c1c1ccc(C(C)(C)C)c(C)c1c1n3c(c[n+]1C)C(C)(C)C2(C)C.[2H]C([2H])([2H])c1ccc2c3c1c1ccc(C(C)(C)C)c(C)c1c1n3c(c[n+]1C)C(C)(C)C2(C)C. The predicted molar refractivity (Wildman–Crippen MR) is 527 cm³/mol. The number of benzene rings is 9. The number of fused-ring (bicyclic) bond motifs is 12. The van der Waals surface area contributed by atoms with Crippen molar-refractivity contribution in [3.8, 4) is 11.3 Å². The molecule has 0 spiro atoms. The van der Waals surface area contributed by atoms with Crippen molar-refractivity contribution in [1.82, 2.24) is 17.6 Å². The second-order valence-corrected chi connectivity index (χ2v) is 46.7. The number of para-hydroxylation sites is 2. The Balaban J connectivity index is 0.000000115. The Kier molecular flexibility index (Phi) is 17.1. The first-order chi connectivity index (χ1) is 58.6. The van der Waals surface area contributed by atoms with Crippen molar-refractivity contribution < 1.29 is 22.4 Å². The molecule has 9 aromatic carbocycles. The van der Waals surface area contributed by atoms with Crippen LogP contribution in [-0.4, -0.2) is 17.6 Å². The zero-order valence-corrected chi connectivity index (χ0v) is 82.1. The van der Waals surface area contributed by atoms with Gasteiger partial charge in [-0.15, -0.1) is 0 Å². The maximum Gasteiger partial charge on any atom is 0.295 e. The third-order valence-electron chi connectivity index (χ3n) is 33.8. The van der Waals surface area contributed by atoms with E-state index in [0.29, 0.717) is 5.56 Å². The Morgan fingerprint density at radius 2 is 0.581 bits per heavy atom. The van der Waals surface area contributed by atoms with Crippen molar-refractivity contribution in [2.75, 3.05) is 0 Å². The summed E-state index contributed by atoms with van der Waals surface area (Å²) in [6.07, 6.45) is 7.00. The highest BCUT2D eigenvalue weighted by molar-refractivity contribution is 6.19. The van der Waals surface area contributed by atoms with Crippen LogP contribution in [0, 0.1) is 41.5 Å². The van der Waals surface area contributed by atoms with Crippen LogP contribution in [0.1, 0.15) is 299 Å². The van der Waals surface area contributed by atoms with E-state index in [9.17, 15) is 0 Å². The van der Waals surface area contributed by atoms with Gasteiger partial charge in [0.2, 0.25) is 0 Å². The standard InChI is InChI=1S/C33H37N2.2C28H35N2.C27H33N2/c1-20-24(31(2,3)4)19-18-22-23-16-13-17-25-28(23)35-29(33(7,8)32(25,5)6)27(21-14-11-10-12-15-21)34(9)30(35)26(20)22;2*1-16-11-13-20-24-22(16)18-12-14-19(26(3,4)5)17(2)23(18)25-29(10)15-21(30(24)25)28(8,9)27(20,6)7;1-16-19(25(2,3)4)14-13-17-18-11-10-12-20-23(18)29-21(27(7,8)26(20,5)6)15-28(9)24(29)22(16)17/h10-19H,1-9H3;2*11-15H,1-10H3;10-15H,1-9H3/q4*+1/i;1D3;;. The second-order valence-electron chi connectivity index (χ2n) is 46.7. The number of imidazole rings is 4. The third-order valence-corrected chi connectivity index (χ3v) is 33.8. The highest BCUT2D eigenvalue weighted by atomic mass is 15.2. The van der Waals surface area contributed by atoms with Crippen molar-refractivity contribution in [3.63, 3.8) is 0 Å². The van der Waals surface area contributed by atoms with E-state index in [1.54, 1.807) is 0 Å². The molecule has 21 rings (SSSR count). The quantitative estimate of drug-likeness (QED) is 0.116. The molecule has 0 fully saturated rings. The fourth-order valence-electron chi connectivity index (χ4n) is 24.3. The van der Waals surface area contributed by atoms with Gasteiger partial charge in [0.1, 0.15) is 40.7 Å². The van der Waals surface area contributed by atoms with E-state index in [1.807, 2.05) is 6.07 Å². The minimum atomic E-state index is -2.19. The molecule has 640 valence electrons. The monoisotopic (exact) mass is 1650 g/mol. The smallest absolute Gasteiger partial charge is 0.232 e. The molecule has 0 atom stereocenters. The topological polar surface area (TPSA) is 33.2 Å². The van der Waals surface area contributed by atoms with Crippen LogP contribution in [0.5, 0.6) is 0 Å². The van der Waals surface area contributed by atoms with Crippen molar-refractivity contribution in [2.45, 2.75) is 300 Å². The molecule has 0 saturated carbocycles. The maximum absolute atomic E-state index is 8.38. The largest absolute Gasteiger partial charge is 0.295 e. The van der Waals surface area contributed by atoms with Crippen molar-refractivity contribution >= 4 is 109 Å². The van der Waals surface area contributed by atoms with Crippen molar-refractivity contribution in [3.05, 3.63) is 259 Å². The van der Waals surface area contributed by atoms with E-state index in [0.717, 1.165) is 27.3 Å². The van der Waals surface area contributed by atoms with Crippen molar-refractivity contribution in [2.24, 2.45) is 28.2 Å². The van der Waals surface area contributed by atoms with E-state index in [1.165, 1.54) is 188 Å². The summed E-state index contributed by atoms with van der Waals surface area (Å²) in [5.74, 6) is 0. The summed E-state index contributed by atoms with van der Waals surface area (Å²) in [5, 5.41) is 15.5. The fourth-order valence-corrected chi connectivity index (χ4v) is 24.3. The van der Waals surface area contributed by atoms with Gasteiger partial charge in [0.25, 0.3) is 22.6 Å². The number of pyridine rings is 4. The fraction of sp³-hybridized carbons (Fsp3) is 0.431. The highest BCUT2D eigenvalue weighted by Gasteiger charge is 2.56. The summed E-state index contributed by atoms with van der Waals surface area (Å²) in [6.45, 7) is 75.0. The second kappa shape index (κ2) is 26.2. The first kappa shape index (κ1) is 80.9. The Labute approximate surface area is 743 Å². The minimum Gasteiger partial charge on any atom is -0.232 e. The van der Waals surface area contributed by atoms with Gasteiger partial charge in [-0.3, -0.25) is 0 Å². The molecule has 12 heterocycles. The number of nitrogens with zero attached hydrogens (tertiary/aromatic N) is 8. The maximum atomic E-state index is 8.38. The number of aromatic nitrogens is 8. The summed E-state index contributed by atoms with van der Waals surface area (Å²) in [4.78, 5) is 0. The first-order valence-corrected chi connectivity index (χ1v) is 45.8. The summed E-state index contributed by atoms with van der Waals surface area (Å²) in [5.41, 5.74) is 36.8. The molecule has 0 N–H and O–H groups in total. The predicted octanol–water partition coefficient (Wildman–Crippen LogP) is 27.3. The van der Waals surface area contributed by atoms with Crippen LogP contribution >= 0.6 is 0 Å². The molecule has 0 radical (unpaired) electrons. The molecule has 124 heavy (non-hydrogen) atoms. The van der Waals surface area contributed by atoms with Gasteiger partial charge in [-0.25, -0.2) is 18.3 Å². The van der Waals surface area contributed by atoms with Gasteiger partial charge in [0.15, 0.2) is 28.5 Å². The molecule has 4 aliphatic heterocycles. The molecular formula is C116H140N8+4. The normalized spacial score (nSPS) is 17.8. The molecule has 4 aliphatic rings. The van der Waals surface area contributed by atoms with Gasteiger partial charge in [-0.05, 0) is 119 Å². The summed E-state index contributed by atoms with van der Waals surface area (Å²) in [6, 6.07) is 52.0. The van der Waals surface area contributed by atoms with E-state index < -0.39 is 6.85 Å². The van der Waals surface area contributed by atoms with Gasteiger partial charge in [-0.1, -0.05) is 333 Å². The first-order valence-electron chi connectivity index (χ1n) is 47.3. The number of hydrogen-bond donors (Lipinski definition) is 0. The summed E-state index contributed by atoms with van der Waals surface area (Å²) >= 11 is 0. The number of hydrogen-bond acceptors (Lipinski definition) is 0. The Morgan fingerprint density at radius 1 is 0.274 bits per heavy atom. The van der Waals surface area contributed by atoms with Gasteiger partial charge < -0.3 is 0 Å². The van der Waals surface area contributed by atoms with E-state index in [-0.39, 0.29) is 65.0 Å². The number of aryl methyl sites for hydroxylation is 10. The lowest BCUT2D eigenvalue weighted by Crippen LogP contribution is -2.44. The lowest BCUT2D eigenvalue weighted by molar-refractivity contribution is -0.644. The molecule has 0 bridgehead atoms. The lowest BCUT2D eigenvalue weighted by atomic mass is 9.60. The van der Waals surface area contributed by atoms with Gasteiger partial charge >= 0.3 is 0 Å². The highest BCUT2D eigenvalue weighted by Crippen LogP contribution is 2.59. The zero-order valence-electron chi connectivity index (χ0n) is 85.1. The Morgan fingerprint density at radius 3 is 0.944 bits per heavy atom. The number of rotatable bonds is 1. The van der Waals surface area contributed by atoms with Crippen LogP contribution < -0.4 is 18.3 Å². The average molecular weight is 1650 g/mol. The molecule has 8 aromatic heterocycles. The molecule has 17 aromatic rings. The van der Waals surface area contributed by atoms with Gasteiger partial charge in [-0.2, -0.15) is 17.6 Å². The van der Waals surface area contributed by atoms with Crippen LogP contribution in [0.15, 0.2) is 158 Å². The molecule has 0 amide bonds. The summed E-state index contributed by atoms with van der Waals surface area (Å²) < 4.78 is 44.7. The van der Waals surface area contributed by atoms with Crippen LogP contribution in [0.4, 0.5) is 0 Å². The van der Waals surface area contributed by atoms with E-state index >= 15 is 0 Å². The van der Waals surface area contributed by atoms with Gasteiger partial charge in [0.05, 0.1) is 49.7 Å². The van der Waals surface area contributed by atoms with Crippen LogP contribution in [0.3, 0.4) is 0 Å². The molecule has 0 aliphatic carbocycles. The third kappa shape index (κ3) is 10.8. The minimum absolute atomic E-state index is 0.00868. The molecule has 0 saturated heterocycles. The van der Waals surface area contributed by atoms with E-state index in [4.69, 9.17) is 4.11 Å². The van der Waals surface area contributed by atoms with Crippen molar-refractivity contribution in [1.29, 1.82) is 0 Å². The van der Waals surface area contributed by atoms with Crippen LogP contribution in [0.2, 0.25) is 0 Å². The van der Waals surface area contributed by atoms with Crippen LogP contribution in [0.25, 0.3) is 121 Å².